The third-order valence-electron chi connectivity index (χ3n) is 6.18. The number of aliphatic hydroxyl groups excluding tert-OH is 1. The summed E-state index contributed by atoms with van der Waals surface area (Å²) in [6.45, 7) is 5.21. The molecule has 0 bridgehead atoms. The highest BCUT2D eigenvalue weighted by molar-refractivity contribution is 5.69. The minimum atomic E-state index is -0.599. The van der Waals surface area contributed by atoms with E-state index >= 15 is 0 Å². The number of esters is 1. The standard InChI is InChI=1S/C24H44O5/c1-19(2)15-13-11-9-7-5-3-4-6-8-10-12-14-16-22(26)29-21-18-28-23-20(25)17-27-24(21)23/h19-21,23-25H,3-18H2,1-2H3/t20-,21+,23-,24-/m1/s1. The molecule has 170 valence electrons. The summed E-state index contributed by atoms with van der Waals surface area (Å²) < 4.78 is 16.5. The molecule has 1 N–H and O–H groups in total. The summed E-state index contributed by atoms with van der Waals surface area (Å²) >= 11 is 0. The second-order valence-corrected chi connectivity index (χ2v) is 9.37. The van der Waals surface area contributed by atoms with Gasteiger partial charge in [-0.25, -0.2) is 0 Å². The summed E-state index contributed by atoms with van der Waals surface area (Å²) in [6, 6.07) is 0. The molecule has 0 saturated carbocycles. The SMILES string of the molecule is CC(C)CCCCCCCCCCCCCCC(=O)O[C@H]1CO[C@H]2[C@@H]1OC[C@H]2O. The normalized spacial score (nSPS) is 26.2. The van der Waals surface area contributed by atoms with Gasteiger partial charge in [-0.05, 0) is 12.3 Å². The second-order valence-electron chi connectivity index (χ2n) is 9.37. The highest BCUT2D eigenvalue weighted by Gasteiger charge is 2.48. The van der Waals surface area contributed by atoms with Crippen LogP contribution in [0.2, 0.25) is 0 Å². The summed E-state index contributed by atoms with van der Waals surface area (Å²) in [4.78, 5) is 12.0. The number of rotatable bonds is 16. The lowest BCUT2D eigenvalue weighted by Crippen LogP contribution is -2.34. The molecule has 0 spiro atoms. The number of carbonyl (C=O) groups is 1. The molecule has 2 fully saturated rings. The predicted molar refractivity (Wildman–Crippen MR) is 115 cm³/mol. The van der Waals surface area contributed by atoms with Crippen LogP contribution >= 0.6 is 0 Å². The van der Waals surface area contributed by atoms with Crippen LogP contribution in [-0.2, 0) is 19.0 Å². The first-order valence-corrected chi connectivity index (χ1v) is 12.2. The fraction of sp³-hybridized carbons (Fsp3) is 0.958. The molecule has 4 atom stereocenters. The maximum atomic E-state index is 12.0. The van der Waals surface area contributed by atoms with E-state index in [1.807, 2.05) is 0 Å². The van der Waals surface area contributed by atoms with E-state index in [2.05, 4.69) is 13.8 Å². The maximum Gasteiger partial charge on any atom is 0.306 e. The highest BCUT2D eigenvalue weighted by atomic mass is 16.6. The molecular weight excluding hydrogens is 368 g/mol. The Labute approximate surface area is 177 Å². The molecule has 5 nitrogen and oxygen atoms in total. The Morgan fingerprint density at radius 2 is 1.34 bits per heavy atom. The Morgan fingerprint density at radius 3 is 1.93 bits per heavy atom. The van der Waals surface area contributed by atoms with Crippen LogP contribution in [0.3, 0.4) is 0 Å². The third kappa shape index (κ3) is 9.80. The molecule has 5 heteroatoms. The molecule has 2 saturated heterocycles. The first-order chi connectivity index (χ1) is 14.1. The van der Waals surface area contributed by atoms with Crippen LogP contribution in [0.4, 0.5) is 0 Å². The Hall–Kier alpha value is -0.650. The van der Waals surface area contributed by atoms with Crippen molar-refractivity contribution in [1.82, 2.24) is 0 Å². The molecule has 0 aromatic carbocycles. The molecule has 29 heavy (non-hydrogen) atoms. The van der Waals surface area contributed by atoms with Gasteiger partial charge in [0.1, 0.15) is 18.3 Å². The Bertz CT molecular complexity index is 439. The fourth-order valence-electron chi connectivity index (χ4n) is 4.36. The van der Waals surface area contributed by atoms with Crippen LogP contribution in [-0.4, -0.2) is 48.7 Å². The highest BCUT2D eigenvalue weighted by Crippen LogP contribution is 2.29. The van der Waals surface area contributed by atoms with Crippen molar-refractivity contribution in [3.63, 3.8) is 0 Å². The number of unbranched alkanes of at least 4 members (excludes halogenated alkanes) is 11. The number of carbonyl (C=O) groups excluding carboxylic acids is 1. The first-order valence-electron chi connectivity index (χ1n) is 12.2. The van der Waals surface area contributed by atoms with Crippen molar-refractivity contribution in [3.8, 4) is 0 Å². The molecule has 0 unspecified atom stereocenters. The average molecular weight is 413 g/mol. The van der Waals surface area contributed by atoms with E-state index in [4.69, 9.17) is 14.2 Å². The average Bonchev–Trinajstić information content (AvgIpc) is 3.25. The lowest BCUT2D eigenvalue weighted by molar-refractivity contribution is -0.153. The number of hydrogen-bond acceptors (Lipinski definition) is 5. The van der Waals surface area contributed by atoms with Gasteiger partial charge in [-0.3, -0.25) is 4.79 Å². The maximum absolute atomic E-state index is 12.0. The molecule has 2 aliphatic rings. The van der Waals surface area contributed by atoms with Crippen LogP contribution in [0.25, 0.3) is 0 Å². The van der Waals surface area contributed by atoms with Gasteiger partial charge in [0.25, 0.3) is 0 Å². The summed E-state index contributed by atoms with van der Waals surface area (Å²) in [7, 11) is 0. The van der Waals surface area contributed by atoms with Crippen molar-refractivity contribution >= 4 is 5.97 Å². The largest absolute Gasteiger partial charge is 0.457 e. The summed E-state index contributed by atoms with van der Waals surface area (Å²) in [5.41, 5.74) is 0. The lowest BCUT2D eigenvalue weighted by atomic mass is 10.0. The molecule has 0 aliphatic carbocycles. The quantitative estimate of drug-likeness (QED) is 0.280. The van der Waals surface area contributed by atoms with E-state index in [0.717, 1.165) is 18.8 Å². The van der Waals surface area contributed by atoms with Crippen LogP contribution in [0.15, 0.2) is 0 Å². The van der Waals surface area contributed by atoms with Crippen molar-refractivity contribution in [2.24, 2.45) is 5.92 Å². The minimum absolute atomic E-state index is 0.169. The number of hydrogen-bond donors (Lipinski definition) is 1. The summed E-state index contributed by atoms with van der Waals surface area (Å²) in [6.07, 6.45) is 15.8. The molecule has 2 heterocycles. The van der Waals surface area contributed by atoms with Crippen molar-refractivity contribution in [2.75, 3.05) is 13.2 Å². The Balaban J connectivity index is 1.33. The van der Waals surface area contributed by atoms with Crippen LogP contribution in [0.1, 0.15) is 104 Å². The zero-order valence-corrected chi connectivity index (χ0v) is 18.8. The van der Waals surface area contributed by atoms with Gasteiger partial charge in [0.15, 0.2) is 6.10 Å². The number of fused-ring (bicyclic) bond motifs is 1. The first kappa shape index (κ1) is 24.6. The smallest absolute Gasteiger partial charge is 0.306 e. The van der Waals surface area contributed by atoms with E-state index in [1.165, 1.54) is 70.6 Å². The zero-order chi connectivity index (χ0) is 20.9. The molecular formula is C24H44O5. The van der Waals surface area contributed by atoms with Gasteiger partial charge < -0.3 is 19.3 Å². The van der Waals surface area contributed by atoms with Gasteiger partial charge in [-0.1, -0.05) is 90.9 Å². The minimum Gasteiger partial charge on any atom is -0.457 e. The van der Waals surface area contributed by atoms with E-state index < -0.39 is 6.10 Å². The molecule has 0 aromatic heterocycles. The van der Waals surface area contributed by atoms with Gasteiger partial charge >= 0.3 is 5.97 Å². The van der Waals surface area contributed by atoms with Gasteiger partial charge in [0.05, 0.1) is 13.2 Å². The van der Waals surface area contributed by atoms with E-state index in [9.17, 15) is 9.90 Å². The van der Waals surface area contributed by atoms with Crippen LogP contribution < -0.4 is 0 Å². The number of aliphatic hydroxyl groups is 1. The van der Waals surface area contributed by atoms with E-state index in [1.54, 1.807) is 0 Å². The number of ether oxygens (including phenoxy) is 3. The molecule has 2 aliphatic heterocycles. The Kier molecular flexibility index (Phi) is 12.2. The zero-order valence-electron chi connectivity index (χ0n) is 18.8. The lowest BCUT2D eigenvalue weighted by Gasteiger charge is -2.16. The summed E-state index contributed by atoms with van der Waals surface area (Å²) in [5, 5.41) is 9.71. The van der Waals surface area contributed by atoms with Crippen molar-refractivity contribution in [3.05, 3.63) is 0 Å². The van der Waals surface area contributed by atoms with Gasteiger partial charge in [0, 0.05) is 6.42 Å². The van der Waals surface area contributed by atoms with Gasteiger partial charge in [-0.2, -0.15) is 0 Å². The van der Waals surface area contributed by atoms with E-state index in [-0.39, 0.29) is 30.9 Å². The second kappa shape index (κ2) is 14.4. The summed E-state index contributed by atoms with van der Waals surface area (Å²) in [5.74, 6) is 0.685. The topological polar surface area (TPSA) is 65.0 Å². The van der Waals surface area contributed by atoms with Gasteiger partial charge in [0.2, 0.25) is 0 Å². The monoisotopic (exact) mass is 412 g/mol. The van der Waals surface area contributed by atoms with Crippen LogP contribution in [0.5, 0.6) is 0 Å². The van der Waals surface area contributed by atoms with Crippen molar-refractivity contribution < 1.29 is 24.1 Å². The molecule has 0 radical (unpaired) electrons. The molecule has 2 rings (SSSR count). The molecule has 0 aromatic rings. The Morgan fingerprint density at radius 1 is 0.828 bits per heavy atom. The third-order valence-corrected chi connectivity index (χ3v) is 6.18. The predicted octanol–water partition coefficient (Wildman–Crippen LogP) is 5.17. The van der Waals surface area contributed by atoms with E-state index in [0.29, 0.717) is 13.0 Å². The van der Waals surface area contributed by atoms with Crippen molar-refractivity contribution in [1.29, 1.82) is 0 Å². The van der Waals surface area contributed by atoms with Gasteiger partial charge in [-0.15, -0.1) is 0 Å². The van der Waals surface area contributed by atoms with Crippen molar-refractivity contribution in [2.45, 2.75) is 128 Å². The fourth-order valence-corrected chi connectivity index (χ4v) is 4.36. The van der Waals surface area contributed by atoms with Crippen LogP contribution in [0, 0.1) is 5.92 Å². The molecule has 0 amide bonds.